The predicted octanol–water partition coefficient (Wildman–Crippen LogP) is 1.18. The minimum atomic E-state index is -0.574. The molecule has 0 aliphatic carbocycles. The Labute approximate surface area is 125 Å². The van der Waals surface area contributed by atoms with Crippen LogP contribution in [0.2, 0.25) is 0 Å². The molecule has 0 heterocycles. The fourth-order valence-corrected chi connectivity index (χ4v) is 1.94. The van der Waals surface area contributed by atoms with Gasteiger partial charge in [0.25, 0.3) is 0 Å². The van der Waals surface area contributed by atoms with Gasteiger partial charge in [-0.3, -0.25) is 0 Å². The summed E-state index contributed by atoms with van der Waals surface area (Å²) in [4.78, 5) is 11.8. The van der Waals surface area contributed by atoms with Gasteiger partial charge in [0.15, 0.2) is 0 Å². The summed E-state index contributed by atoms with van der Waals surface area (Å²) in [5.74, 6) is -0.144. The summed E-state index contributed by atoms with van der Waals surface area (Å²) >= 11 is 0. The molecular formula is C15H23NO5. The number of aliphatic hydroxyl groups is 1. The standard InChI is InChI=1S/C15H23NO5/c1-19-10-13(11-20-2)14(8-17)16-15(18)21-9-12-6-4-3-5-7-12/h3-7,13-14,17H,8-11H2,1-2H3,(H,16,18). The van der Waals surface area contributed by atoms with Gasteiger partial charge in [-0.2, -0.15) is 0 Å². The average Bonchev–Trinajstić information content (AvgIpc) is 2.51. The van der Waals surface area contributed by atoms with E-state index < -0.39 is 12.1 Å². The molecule has 1 aromatic rings. The molecule has 6 nitrogen and oxygen atoms in total. The lowest BCUT2D eigenvalue weighted by atomic mass is 10.0. The van der Waals surface area contributed by atoms with Gasteiger partial charge in [0.1, 0.15) is 6.61 Å². The van der Waals surface area contributed by atoms with Crippen LogP contribution < -0.4 is 5.32 Å². The van der Waals surface area contributed by atoms with E-state index in [0.29, 0.717) is 13.2 Å². The molecule has 6 heteroatoms. The van der Waals surface area contributed by atoms with Gasteiger partial charge in [0.05, 0.1) is 25.9 Å². The first-order valence-electron chi connectivity index (χ1n) is 6.77. The molecule has 1 aromatic carbocycles. The molecule has 0 radical (unpaired) electrons. The Morgan fingerprint density at radius 3 is 2.33 bits per heavy atom. The molecule has 0 aliphatic rings. The first-order chi connectivity index (χ1) is 10.2. The Balaban J connectivity index is 2.45. The first kappa shape index (κ1) is 17.4. The minimum Gasteiger partial charge on any atom is -0.445 e. The number of hydrogen-bond acceptors (Lipinski definition) is 5. The van der Waals surface area contributed by atoms with Gasteiger partial charge in [-0.25, -0.2) is 4.79 Å². The van der Waals surface area contributed by atoms with Crippen LogP contribution in [0, 0.1) is 5.92 Å². The number of carbonyl (C=O) groups excluding carboxylic acids is 1. The van der Waals surface area contributed by atoms with Crippen molar-refractivity contribution in [2.75, 3.05) is 34.0 Å². The van der Waals surface area contributed by atoms with Crippen molar-refractivity contribution in [3.63, 3.8) is 0 Å². The lowest BCUT2D eigenvalue weighted by Crippen LogP contribution is -2.46. The summed E-state index contributed by atoms with van der Waals surface area (Å²) in [5, 5.41) is 12.0. The van der Waals surface area contributed by atoms with Crippen LogP contribution in [0.25, 0.3) is 0 Å². The topological polar surface area (TPSA) is 77.0 Å². The van der Waals surface area contributed by atoms with Gasteiger partial charge in [0, 0.05) is 20.1 Å². The summed E-state index contributed by atoms with van der Waals surface area (Å²) in [6, 6.07) is 8.91. The van der Waals surface area contributed by atoms with Gasteiger partial charge < -0.3 is 24.6 Å². The molecule has 0 aliphatic heterocycles. The van der Waals surface area contributed by atoms with Crippen LogP contribution in [0.1, 0.15) is 5.56 Å². The van der Waals surface area contributed by atoms with Crippen LogP contribution in [-0.4, -0.2) is 51.3 Å². The maximum Gasteiger partial charge on any atom is 0.407 e. The van der Waals surface area contributed by atoms with Crippen LogP contribution in [0.5, 0.6) is 0 Å². The highest BCUT2D eigenvalue weighted by Crippen LogP contribution is 2.07. The number of rotatable bonds is 9. The summed E-state index contributed by atoms with van der Waals surface area (Å²) in [7, 11) is 3.12. The summed E-state index contributed by atoms with van der Waals surface area (Å²) in [5.41, 5.74) is 0.901. The molecule has 1 rings (SSSR count). The molecule has 0 aromatic heterocycles. The molecule has 0 bridgehead atoms. The van der Waals surface area contributed by atoms with Crippen LogP contribution in [0.4, 0.5) is 4.79 Å². The van der Waals surface area contributed by atoms with Gasteiger partial charge in [-0.05, 0) is 5.56 Å². The number of alkyl carbamates (subject to hydrolysis) is 1. The van der Waals surface area contributed by atoms with Crippen molar-refractivity contribution in [2.45, 2.75) is 12.6 Å². The number of amides is 1. The largest absolute Gasteiger partial charge is 0.445 e. The minimum absolute atomic E-state index is 0.144. The number of carbonyl (C=O) groups is 1. The van der Waals surface area contributed by atoms with Crippen LogP contribution >= 0.6 is 0 Å². The van der Waals surface area contributed by atoms with E-state index in [4.69, 9.17) is 14.2 Å². The monoisotopic (exact) mass is 297 g/mol. The SMILES string of the molecule is COCC(COC)C(CO)NC(=O)OCc1ccccc1. The maximum absolute atomic E-state index is 11.8. The van der Waals surface area contributed by atoms with E-state index in [9.17, 15) is 9.90 Å². The third-order valence-corrected chi connectivity index (χ3v) is 3.04. The number of benzene rings is 1. The number of aliphatic hydroxyl groups excluding tert-OH is 1. The molecule has 0 fully saturated rings. The lowest BCUT2D eigenvalue weighted by molar-refractivity contribution is 0.0458. The Bertz CT molecular complexity index is 392. The molecule has 0 saturated heterocycles. The fourth-order valence-electron chi connectivity index (χ4n) is 1.94. The molecule has 0 saturated carbocycles. The Morgan fingerprint density at radius 2 is 1.81 bits per heavy atom. The molecule has 0 spiro atoms. The van der Waals surface area contributed by atoms with E-state index in [2.05, 4.69) is 5.32 Å². The third-order valence-electron chi connectivity index (χ3n) is 3.04. The van der Waals surface area contributed by atoms with Gasteiger partial charge >= 0.3 is 6.09 Å². The molecular weight excluding hydrogens is 274 g/mol. The number of methoxy groups -OCH3 is 2. The van der Waals surface area contributed by atoms with Gasteiger partial charge in [0.2, 0.25) is 0 Å². The Kier molecular flexibility index (Phi) is 8.42. The normalized spacial score (nSPS) is 12.2. The van der Waals surface area contributed by atoms with Crippen molar-refractivity contribution in [3.05, 3.63) is 35.9 Å². The molecule has 21 heavy (non-hydrogen) atoms. The van der Waals surface area contributed by atoms with E-state index in [1.165, 1.54) is 0 Å². The maximum atomic E-state index is 11.8. The van der Waals surface area contributed by atoms with Crippen LogP contribution in [0.15, 0.2) is 30.3 Å². The van der Waals surface area contributed by atoms with E-state index in [1.807, 2.05) is 30.3 Å². The molecule has 1 unspecified atom stereocenters. The highest BCUT2D eigenvalue weighted by molar-refractivity contribution is 5.67. The molecule has 1 amide bonds. The number of ether oxygens (including phenoxy) is 3. The van der Waals surface area contributed by atoms with E-state index >= 15 is 0 Å². The zero-order valence-electron chi connectivity index (χ0n) is 12.5. The average molecular weight is 297 g/mol. The zero-order chi connectivity index (χ0) is 15.5. The second-order valence-electron chi connectivity index (χ2n) is 4.67. The predicted molar refractivity (Wildman–Crippen MR) is 77.9 cm³/mol. The van der Waals surface area contributed by atoms with E-state index in [0.717, 1.165) is 5.56 Å². The second kappa shape index (κ2) is 10.1. The van der Waals surface area contributed by atoms with E-state index in [1.54, 1.807) is 14.2 Å². The molecule has 118 valence electrons. The van der Waals surface area contributed by atoms with E-state index in [-0.39, 0.29) is 19.1 Å². The lowest BCUT2D eigenvalue weighted by Gasteiger charge is -2.25. The molecule has 1 atom stereocenters. The first-order valence-corrected chi connectivity index (χ1v) is 6.77. The smallest absolute Gasteiger partial charge is 0.407 e. The summed E-state index contributed by atoms with van der Waals surface area (Å²) in [6.07, 6.45) is -0.574. The van der Waals surface area contributed by atoms with Crippen molar-refractivity contribution in [1.82, 2.24) is 5.32 Å². The van der Waals surface area contributed by atoms with Gasteiger partial charge in [-0.15, -0.1) is 0 Å². The van der Waals surface area contributed by atoms with Crippen molar-refractivity contribution in [2.24, 2.45) is 5.92 Å². The quantitative estimate of drug-likeness (QED) is 0.716. The van der Waals surface area contributed by atoms with Crippen molar-refractivity contribution in [3.8, 4) is 0 Å². The van der Waals surface area contributed by atoms with Crippen molar-refractivity contribution in [1.29, 1.82) is 0 Å². The van der Waals surface area contributed by atoms with Crippen LogP contribution in [0.3, 0.4) is 0 Å². The van der Waals surface area contributed by atoms with Crippen molar-refractivity contribution >= 4 is 6.09 Å². The zero-order valence-corrected chi connectivity index (χ0v) is 12.5. The summed E-state index contributed by atoms with van der Waals surface area (Å²) in [6.45, 7) is 0.720. The third kappa shape index (κ3) is 6.57. The summed E-state index contributed by atoms with van der Waals surface area (Å²) < 4.78 is 15.3. The number of nitrogens with one attached hydrogen (secondary N) is 1. The van der Waals surface area contributed by atoms with Crippen LogP contribution in [-0.2, 0) is 20.8 Å². The highest BCUT2D eigenvalue weighted by Gasteiger charge is 2.23. The fraction of sp³-hybridized carbons (Fsp3) is 0.533. The highest BCUT2D eigenvalue weighted by atomic mass is 16.5. The Hall–Kier alpha value is -1.63. The second-order valence-corrected chi connectivity index (χ2v) is 4.67. The van der Waals surface area contributed by atoms with Gasteiger partial charge in [-0.1, -0.05) is 30.3 Å². The number of hydrogen-bond donors (Lipinski definition) is 2. The molecule has 2 N–H and O–H groups in total. The Morgan fingerprint density at radius 1 is 1.19 bits per heavy atom. The van der Waals surface area contributed by atoms with Crippen molar-refractivity contribution < 1.29 is 24.1 Å².